The third-order valence-corrected chi connectivity index (χ3v) is 3.59. The van der Waals surface area contributed by atoms with Gasteiger partial charge in [-0.3, -0.25) is 0 Å². The molecule has 0 unspecified atom stereocenters. The summed E-state index contributed by atoms with van der Waals surface area (Å²) in [7, 11) is 0. The Bertz CT molecular complexity index is 404. The molecule has 5 heteroatoms. The molecule has 20 heavy (non-hydrogen) atoms. The van der Waals surface area contributed by atoms with E-state index in [2.05, 4.69) is 17.4 Å². The molecule has 1 atom stereocenters. The Balaban J connectivity index is 2.14. The molecule has 1 amide bonds. The minimum Gasteiger partial charge on any atom is -0.444 e. The Morgan fingerprint density at radius 3 is 2.60 bits per heavy atom. The summed E-state index contributed by atoms with van der Waals surface area (Å²) in [6, 6.07) is 10.2. The second-order valence-corrected chi connectivity index (χ2v) is 6.69. The number of nitrogens with one attached hydrogen (secondary N) is 1. The first-order valence-electron chi connectivity index (χ1n) is 6.77. The first-order valence-corrected chi connectivity index (χ1v) is 7.75. The molecule has 0 aromatic heterocycles. The van der Waals surface area contributed by atoms with E-state index in [4.69, 9.17) is 10.5 Å². The molecule has 0 spiro atoms. The third kappa shape index (κ3) is 8.07. The molecule has 1 aromatic carbocycles. The first kappa shape index (κ1) is 16.9. The highest BCUT2D eigenvalue weighted by atomic mass is 32.2. The van der Waals surface area contributed by atoms with E-state index in [0.29, 0.717) is 6.54 Å². The van der Waals surface area contributed by atoms with Crippen LogP contribution in [0.5, 0.6) is 0 Å². The van der Waals surface area contributed by atoms with E-state index < -0.39 is 5.60 Å². The number of ether oxygens (including phenoxy) is 1. The Labute approximate surface area is 125 Å². The van der Waals surface area contributed by atoms with Crippen molar-refractivity contribution in [1.29, 1.82) is 0 Å². The van der Waals surface area contributed by atoms with Crippen molar-refractivity contribution >= 4 is 17.9 Å². The summed E-state index contributed by atoms with van der Waals surface area (Å²) >= 11 is 1.73. The van der Waals surface area contributed by atoms with Crippen molar-refractivity contribution in [3.63, 3.8) is 0 Å². The fraction of sp³-hybridized carbons (Fsp3) is 0.533. The van der Waals surface area contributed by atoms with E-state index >= 15 is 0 Å². The van der Waals surface area contributed by atoms with Gasteiger partial charge in [-0.15, -0.1) is 11.8 Å². The van der Waals surface area contributed by atoms with Gasteiger partial charge >= 0.3 is 6.09 Å². The van der Waals surface area contributed by atoms with Crippen LogP contribution in [-0.2, 0) is 4.74 Å². The Morgan fingerprint density at radius 2 is 2.00 bits per heavy atom. The lowest BCUT2D eigenvalue weighted by Gasteiger charge is -2.20. The number of carbonyl (C=O) groups is 1. The number of carbonyl (C=O) groups excluding carboxylic acids is 1. The number of amides is 1. The number of hydrogen-bond donors (Lipinski definition) is 2. The second-order valence-electron chi connectivity index (χ2n) is 5.60. The molecule has 112 valence electrons. The number of thioether (sulfide) groups is 1. The molecule has 0 bridgehead atoms. The Kier molecular flexibility index (Phi) is 6.88. The van der Waals surface area contributed by atoms with Crippen LogP contribution in [0.15, 0.2) is 35.2 Å². The summed E-state index contributed by atoms with van der Waals surface area (Å²) < 4.78 is 5.15. The predicted octanol–water partition coefficient (Wildman–Crippen LogP) is 3.02. The molecule has 0 radical (unpaired) electrons. The summed E-state index contributed by atoms with van der Waals surface area (Å²) in [6.07, 6.45) is 0.347. The van der Waals surface area contributed by atoms with E-state index in [0.717, 1.165) is 12.2 Å². The molecule has 0 fully saturated rings. The lowest BCUT2D eigenvalue weighted by atomic mass is 10.2. The van der Waals surface area contributed by atoms with Crippen molar-refractivity contribution in [3.05, 3.63) is 30.3 Å². The Hall–Kier alpha value is -1.20. The minimum absolute atomic E-state index is 0.0511. The van der Waals surface area contributed by atoms with Gasteiger partial charge in [0.2, 0.25) is 0 Å². The number of hydrogen-bond acceptors (Lipinski definition) is 4. The molecule has 0 saturated heterocycles. The SMILES string of the molecule is CC(C)(C)OC(=O)NCC[C@@H](N)CSc1ccccc1. The number of nitrogens with two attached hydrogens (primary N) is 1. The molecule has 0 aliphatic heterocycles. The van der Waals surface area contributed by atoms with Gasteiger partial charge in [0.05, 0.1) is 0 Å². The van der Waals surface area contributed by atoms with Crippen LogP contribution in [0.4, 0.5) is 4.79 Å². The van der Waals surface area contributed by atoms with Gasteiger partial charge in [-0.05, 0) is 39.3 Å². The lowest BCUT2D eigenvalue weighted by Crippen LogP contribution is -2.35. The maximum atomic E-state index is 11.4. The highest BCUT2D eigenvalue weighted by molar-refractivity contribution is 7.99. The van der Waals surface area contributed by atoms with Crippen LogP contribution in [0.1, 0.15) is 27.2 Å². The van der Waals surface area contributed by atoms with E-state index in [1.807, 2.05) is 39.0 Å². The average Bonchev–Trinajstić information content (AvgIpc) is 2.35. The van der Waals surface area contributed by atoms with E-state index in [-0.39, 0.29) is 12.1 Å². The first-order chi connectivity index (χ1) is 9.37. The average molecular weight is 296 g/mol. The monoisotopic (exact) mass is 296 g/mol. The van der Waals surface area contributed by atoms with Gasteiger partial charge in [0.15, 0.2) is 0 Å². The molecular formula is C15H24N2O2S. The van der Waals surface area contributed by atoms with Crippen LogP contribution in [-0.4, -0.2) is 30.0 Å². The fourth-order valence-electron chi connectivity index (χ4n) is 1.48. The van der Waals surface area contributed by atoms with Crippen molar-refractivity contribution in [2.75, 3.05) is 12.3 Å². The van der Waals surface area contributed by atoms with Crippen LogP contribution in [0.3, 0.4) is 0 Å². The number of alkyl carbamates (subject to hydrolysis) is 1. The third-order valence-electron chi connectivity index (χ3n) is 2.39. The predicted molar refractivity (Wildman–Crippen MR) is 84.0 cm³/mol. The van der Waals surface area contributed by atoms with Crippen LogP contribution in [0.2, 0.25) is 0 Å². The standard InChI is InChI=1S/C15H24N2O2S/c1-15(2,3)19-14(18)17-10-9-12(16)11-20-13-7-5-4-6-8-13/h4-8,12H,9-11,16H2,1-3H3,(H,17,18)/t12-/m1/s1. The highest BCUT2D eigenvalue weighted by Gasteiger charge is 2.15. The quantitative estimate of drug-likeness (QED) is 0.792. The van der Waals surface area contributed by atoms with Crippen LogP contribution in [0, 0.1) is 0 Å². The van der Waals surface area contributed by atoms with E-state index in [1.165, 1.54) is 4.90 Å². The molecule has 0 heterocycles. The molecule has 1 rings (SSSR count). The zero-order chi connectivity index (χ0) is 15.0. The van der Waals surface area contributed by atoms with E-state index in [1.54, 1.807) is 11.8 Å². The molecular weight excluding hydrogens is 272 g/mol. The zero-order valence-corrected chi connectivity index (χ0v) is 13.2. The summed E-state index contributed by atoms with van der Waals surface area (Å²) in [5, 5.41) is 2.72. The van der Waals surface area contributed by atoms with Crippen LogP contribution < -0.4 is 11.1 Å². The van der Waals surface area contributed by atoms with Gasteiger partial charge in [-0.2, -0.15) is 0 Å². The van der Waals surface area contributed by atoms with E-state index in [9.17, 15) is 4.79 Å². The van der Waals surface area contributed by atoms with Crippen molar-refractivity contribution in [2.45, 2.75) is 43.7 Å². The molecule has 4 nitrogen and oxygen atoms in total. The summed E-state index contributed by atoms with van der Waals surface area (Å²) in [5.41, 5.74) is 5.56. The van der Waals surface area contributed by atoms with Crippen molar-refractivity contribution in [3.8, 4) is 0 Å². The minimum atomic E-state index is -0.463. The van der Waals surface area contributed by atoms with Crippen LogP contribution >= 0.6 is 11.8 Å². The second kappa shape index (κ2) is 8.17. The molecule has 1 aromatic rings. The topological polar surface area (TPSA) is 64.3 Å². The smallest absolute Gasteiger partial charge is 0.407 e. The molecule has 0 aliphatic carbocycles. The summed E-state index contributed by atoms with van der Waals surface area (Å²) in [5.74, 6) is 0.833. The maximum absolute atomic E-state index is 11.4. The lowest BCUT2D eigenvalue weighted by molar-refractivity contribution is 0.0527. The summed E-state index contributed by atoms with van der Waals surface area (Å²) in [4.78, 5) is 12.7. The number of benzene rings is 1. The maximum Gasteiger partial charge on any atom is 0.407 e. The van der Waals surface area contributed by atoms with Gasteiger partial charge in [-0.1, -0.05) is 18.2 Å². The fourth-order valence-corrected chi connectivity index (χ4v) is 2.40. The van der Waals surface area contributed by atoms with Gasteiger partial charge in [0.1, 0.15) is 5.60 Å². The van der Waals surface area contributed by atoms with Gasteiger partial charge in [0, 0.05) is 23.2 Å². The largest absolute Gasteiger partial charge is 0.444 e. The highest BCUT2D eigenvalue weighted by Crippen LogP contribution is 2.17. The van der Waals surface area contributed by atoms with Crippen molar-refractivity contribution in [2.24, 2.45) is 5.73 Å². The van der Waals surface area contributed by atoms with Crippen molar-refractivity contribution in [1.82, 2.24) is 5.32 Å². The molecule has 3 N–H and O–H groups in total. The zero-order valence-electron chi connectivity index (χ0n) is 12.4. The van der Waals surface area contributed by atoms with Gasteiger partial charge in [0.25, 0.3) is 0 Å². The van der Waals surface area contributed by atoms with Gasteiger partial charge < -0.3 is 15.8 Å². The molecule has 0 saturated carbocycles. The molecule has 0 aliphatic rings. The number of rotatable bonds is 6. The van der Waals surface area contributed by atoms with Crippen LogP contribution in [0.25, 0.3) is 0 Å². The van der Waals surface area contributed by atoms with Gasteiger partial charge in [-0.25, -0.2) is 4.79 Å². The van der Waals surface area contributed by atoms with Crippen molar-refractivity contribution < 1.29 is 9.53 Å². The normalized spacial score (nSPS) is 12.8. The summed E-state index contributed by atoms with van der Waals surface area (Å²) in [6.45, 7) is 6.06. The Morgan fingerprint density at radius 1 is 1.35 bits per heavy atom.